The number of carbonyl (C=O) groups excluding carboxylic acids is 2. The molecule has 0 amide bonds. The predicted molar refractivity (Wildman–Crippen MR) is 83.1 cm³/mol. The summed E-state index contributed by atoms with van der Waals surface area (Å²) in [7, 11) is 0. The van der Waals surface area contributed by atoms with Crippen LogP contribution in [0.4, 0.5) is 5.69 Å². The second-order valence-corrected chi connectivity index (χ2v) is 5.24. The average Bonchev–Trinajstić information content (AvgIpc) is 2.53. The molecule has 0 atom stereocenters. The summed E-state index contributed by atoms with van der Waals surface area (Å²) in [6.07, 6.45) is 2.19. The minimum Gasteiger partial charge on any atom is -0.385 e. The molecule has 0 aromatic heterocycles. The van der Waals surface area contributed by atoms with Gasteiger partial charge in [-0.15, -0.1) is 0 Å². The van der Waals surface area contributed by atoms with Gasteiger partial charge < -0.3 is 5.32 Å². The lowest BCUT2D eigenvalue weighted by Crippen LogP contribution is -2.21. The van der Waals surface area contributed by atoms with Crippen LogP contribution >= 0.6 is 0 Å². The summed E-state index contributed by atoms with van der Waals surface area (Å²) >= 11 is 0. The first-order valence-electron chi connectivity index (χ1n) is 7.28. The maximum Gasteiger partial charge on any atom is 0.194 e. The summed E-state index contributed by atoms with van der Waals surface area (Å²) in [5, 5.41) is 3.29. The number of anilines is 1. The Balaban J connectivity index is 1.99. The van der Waals surface area contributed by atoms with Gasteiger partial charge in [0.05, 0.1) is 0 Å². The lowest BCUT2D eigenvalue weighted by molar-refractivity contribution is 0.0979. The van der Waals surface area contributed by atoms with Crippen molar-refractivity contribution in [3.05, 3.63) is 64.7 Å². The van der Waals surface area contributed by atoms with E-state index in [1.807, 2.05) is 6.07 Å². The average molecular weight is 279 g/mol. The molecule has 21 heavy (non-hydrogen) atoms. The standard InChI is InChI=1S/C18H17NO2/c1-2-3-10-19-12-8-9-15-16(11-12)18(21)14-7-5-4-6-13(14)17(15)20/h4-9,11,19H,2-3,10H2,1H3. The van der Waals surface area contributed by atoms with Gasteiger partial charge in [0, 0.05) is 34.5 Å². The zero-order valence-corrected chi connectivity index (χ0v) is 12.0. The molecule has 0 bridgehead atoms. The molecule has 0 unspecified atom stereocenters. The number of carbonyl (C=O) groups is 2. The van der Waals surface area contributed by atoms with E-state index >= 15 is 0 Å². The Morgan fingerprint density at radius 1 is 0.857 bits per heavy atom. The Kier molecular flexibility index (Phi) is 3.57. The van der Waals surface area contributed by atoms with E-state index in [-0.39, 0.29) is 11.6 Å². The van der Waals surface area contributed by atoms with Crippen molar-refractivity contribution in [2.24, 2.45) is 0 Å². The van der Waals surface area contributed by atoms with Crippen LogP contribution < -0.4 is 5.32 Å². The first kappa shape index (κ1) is 13.6. The number of hydrogen-bond acceptors (Lipinski definition) is 3. The molecule has 3 rings (SSSR count). The Morgan fingerprint density at radius 3 is 2.14 bits per heavy atom. The highest BCUT2D eigenvalue weighted by Crippen LogP contribution is 2.29. The van der Waals surface area contributed by atoms with Gasteiger partial charge in [-0.2, -0.15) is 0 Å². The molecule has 3 heteroatoms. The Bertz CT molecular complexity index is 719. The fourth-order valence-corrected chi connectivity index (χ4v) is 2.62. The molecule has 1 N–H and O–H groups in total. The fraction of sp³-hybridized carbons (Fsp3) is 0.222. The van der Waals surface area contributed by atoms with Crippen LogP contribution in [0, 0.1) is 0 Å². The van der Waals surface area contributed by atoms with Gasteiger partial charge in [-0.05, 0) is 24.6 Å². The zero-order valence-electron chi connectivity index (χ0n) is 12.0. The molecule has 0 heterocycles. The molecule has 0 aliphatic heterocycles. The van der Waals surface area contributed by atoms with E-state index in [0.29, 0.717) is 22.3 Å². The van der Waals surface area contributed by atoms with Crippen LogP contribution in [-0.4, -0.2) is 18.1 Å². The summed E-state index contributed by atoms with van der Waals surface area (Å²) in [4.78, 5) is 25.0. The molecule has 0 radical (unpaired) electrons. The van der Waals surface area contributed by atoms with Gasteiger partial charge in [-0.3, -0.25) is 9.59 Å². The number of benzene rings is 2. The third-order valence-electron chi connectivity index (χ3n) is 3.78. The Labute approximate surface area is 124 Å². The number of hydrogen-bond donors (Lipinski definition) is 1. The highest BCUT2D eigenvalue weighted by atomic mass is 16.1. The molecule has 0 fully saturated rings. The number of fused-ring (bicyclic) bond motifs is 2. The van der Waals surface area contributed by atoms with Crippen LogP contribution in [0.25, 0.3) is 0 Å². The highest BCUT2D eigenvalue weighted by Gasteiger charge is 2.29. The van der Waals surface area contributed by atoms with E-state index in [1.54, 1.807) is 36.4 Å². The van der Waals surface area contributed by atoms with Crippen molar-refractivity contribution in [2.75, 3.05) is 11.9 Å². The van der Waals surface area contributed by atoms with Crippen LogP contribution in [0.3, 0.4) is 0 Å². The van der Waals surface area contributed by atoms with Crippen LogP contribution in [0.1, 0.15) is 51.6 Å². The van der Waals surface area contributed by atoms with Crippen LogP contribution in [0.5, 0.6) is 0 Å². The smallest absolute Gasteiger partial charge is 0.194 e. The van der Waals surface area contributed by atoms with Crippen molar-refractivity contribution in [3.63, 3.8) is 0 Å². The van der Waals surface area contributed by atoms with Crippen molar-refractivity contribution in [3.8, 4) is 0 Å². The topological polar surface area (TPSA) is 46.2 Å². The minimum absolute atomic E-state index is 0.0692. The van der Waals surface area contributed by atoms with Gasteiger partial charge in [0.25, 0.3) is 0 Å². The maximum atomic E-state index is 12.6. The van der Waals surface area contributed by atoms with Gasteiger partial charge in [-0.1, -0.05) is 37.6 Å². The lowest BCUT2D eigenvalue weighted by atomic mass is 9.84. The van der Waals surface area contributed by atoms with Crippen molar-refractivity contribution < 1.29 is 9.59 Å². The zero-order chi connectivity index (χ0) is 14.8. The minimum atomic E-state index is -0.0701. The lowest BCUT2D eigenvalue weighted by Gasteiger charge is -2.18. The molecular formula is C18H17NO2. The first-order chi connectivity index (χ1) is 10.2. The van der Waals surface area contributed by atoms with Crippen molar-refractivity contribution in [1.82, 2.24) is 0 Å². The van der Waals surface area contributed by atoms with Gasteiger partial charge in [0.2, 0.25) is 0 Å². The van der Waals surface area contributed by atoms with Crippen LogP contribution in [-0.2, 0) is 0 Å². The predicted octanol–water partition coefficient (Wildman–Crippen LogP) is 3.67. The molecule has 106 valence electrons. The quantitative estimate of drug-likeness (QED) is 0.741. The van der Waals surface area contributed by atoms with E-state index < -0.39 is 0 Å². The van der Waals surface area contributed by atoms with Crippen LogP contribution in [0.2, 0.25) is 0 Å². The molecule has 1 aliphatic carbocycles. The van der Waals surface area contributed by atoms with Crippen molar-refractivity contribution in [2.45, 2.75) is 19.8 Å². The van der Waals surface area contributed by atoms with Gasteiger partial charge >= 0.3 is 0 Å². The first-order valence-corrected chi connectivity index (χ1v) is 7.28. The molecule has 2 aromatic carbocycles. The maximum absolute atomic E-state index is 12.6. The molecule has 2 aromatic rings. The second-order valence-electron chi connectivity index (χ2n) is 5.24. The summed E-state index contributed by atoms with van der Waals surface area (Å²) in [5.74, 6) is -0.139. The van der Waals surface area contributed by atoms with E-state index in [0.717, 1.165) is 25.1 Å². The number of unbranched alkanes of at least 4 members (excludes halogenated alkanes) is 1. The van der Waals surface area contributed by atoms with E-state index in [4.69, 9.17) is 0 Å². The molecule has 3 nitrogen and oxygen atoms in total. The fourth-order valence-electron chi connectivity index (χ4n) is 2.62. The Hall–Kier alpha value is -2.42. The summed E-state index contributed by atoms with van der Waals surface area (Å²) in [6.45, 7) is 3.00. The summed E-state index contributed by atoms with van der Waals surface area (Å²) in [5.41, 5.74) is 2.89. The third-order valence-corrected chi connectivity index (χ3v) is 3.78. The molecule has 0 saturated carbocycles. The third kappa shape index (κ3) is 2.35. The number of rotatable bonds is 4. The highest BCUT2D eigenvalue weighted by molar-refractivity contribution is 6.28. The molecule has 1 aliphatic rings. The van der Waals surface area contributed by atoms with Gasteiger partial charge in [0.1, 0.15) is 0 Å². The number of ketones is 2. The van der Waals surface area contributed by atoms with Gasteiger partial charge in [-0.25, -0.2) is 0 Å². The van der Waals surface area contributed by atoms with Crippen molar-refractivity contribution >= 4 is 17.3 Å². The van der Waals surface area contributed by atoms with E-state index in [2.05, 4.69) is 12.2 Å². The van der Waals surface area contributed by atoms with E-state index in [9.17, 15) is 9.59 Å². The SMILES string of the molecule is CCCCNc1ccc2c(c1)C(=O)c1ccccc1C2=O. The largest absolute Gasteiger partial charge is 0.385 e. The summed E-state index contributed by atoms with van der Waals surface area (Å²) < 4.78 is 0. The molecular weight excluding hydrogens is 262 g/mol. The van der Waals surface area contributed by atoms with Gasteiger partial charge in [0.15, 0.2) is 11.6 Å². The monoisotopic (exact) mass is 279 g/mol. The van der Waals surface area contributed by atoms with Crippen LogP contribution in [0.15, 0.2) is 42.5 Å². The van der Waals surface area contributed by atoms with E-state index in [1.165, 1.54) is 0 Å². The molecule has 0 saturated heterocycles. The number of nitrogens with one attached hydrogen (secondary N) is 1. The second kappa shape index (κ2) is 5.52. The normalized spacial score (nSPS) is 12.8. The van der Waals surface area contributed by atoms with Crippen molar-refractivity contribution in [1.29, 1.82) is 0 Å². The summed E-state index contributed by atoms with van der Waals surface area (Å²) in [6, 6.07) is 12.4. The Morgan fingerprint density at radius 2 is 1.48 bits per heavy atom. The molecule has 0 spiro atoms.